The number of nitrogens with zero attached hydrogens (tertiary/aromatic N) is 1. The Morgan fingerprint density at radius 3 is 2.45 bits per heavy atom. The van der Waals surface area contributed by atoms with Crippen molar-refractivity contribution in [2.75, 3.05) is 5.32 Å². The van der Waals surface area contributed by atoms with Gasteiger partial charge in [-0.15, -0.1) is 0 Å². The summed E-state index contributed by atoms with van der Waals surface area (Å²) in [5.74, 6) is 0.0992. The first-order valence-electron chi connectivity index (χ1n) is 5.75. The molecule has 0 aliphatic heterocycles. The number of fused-ring (bicyclic) bond motifs is 1. The Balaban J connectivity index is 2.04. The van der Waals surface area contributed by atoms with Crippen LogP contribution >= 0.6 is 23.2 Å². The molecule has 3 rings (SSSR count). The van der Waals surface area contributed by atoms with E-state index in [-0.39, 0.29) is 5.82 Å². The molecule has 20 heavy (non-hydrogen) atoms. The molecule has 0 bridgehead atoms. The van der Waals surface area contributed by atoms with Crippen LogP contribution in [0.2, 0.25) is 10.0 Å². The minimum atomic E-state index is -0.547. The second-order valence-electron chi connectivity index (χ2n) is 4.09. The van der Waals surface area contributed by atoms with Crippen molar-refractivity contribution in [1.29, 1.82) is 0 Å². The Bertz CT molecular complexity index is 829. The van der Waals surface area contributed by atoms with Gasteiger partial charge >= 0.3 is 5.63 Å². The number of hydrogen-bond acceptors (Lipinski definition) is 4. The Kier molecular flexibility index (Phi) is 3.34. The van der Waals surface area contributed by atoms with Crippen LogP contribution in [-0.2, 0) is 0 Å². The third kappa shape index (κ3) is 2.61. The molecule has 100 valence electrons. The van der Waals surface area contributed by atoms with Crippen molar-refractivity contribution in [3.05, 3.63) is 62.9 Å². The predicted molar refractivity (Wildman–Crippen MR) is 80.0 cm³/mol. The van der Waals surface area contributed by atoms with Crippen molar-refractivity contribution in [3.63, 3.8) is 0 Å². The second-order valence-corrected chi connectivity index (χ2v) is 4.97. The molecule has 0 atom stereocenters. The molecule has 0 spiro atoms. The van der Waals surface area contributed by atoms with E-state index in [0.717, 1.165) is 0 Å². The van der Waals surface area contributed by atoms with Gasteiger partial charge in [-0.2, -0.15) is 0 Å². The standard InChI is InChI=1S/C14H8Cl2N2O2/c15-8-1-4-10(5-2-8)17-13-14(19)20-12-6-3-9(16)7-11(12)18-13/h1-7H,(H,17,18). The van der Waals surface area contributed by atoms with E-state index in [9.17, 15) is 4.79 Å². The van der Waals surface area contributed by atoms with E-state index in [1.807, 2.05) is 0 Å². The lowest BCUT2D eigenvalue weighted by molar-refractivity contribution is 0.558. The highest BCUT2D eigenvalue weighted by molar-refractivity contribution is 6.31. The van der Waals surface area contributed by atoms with Crippen LogP contribution in [0.5, 0.6) is 0 Å². The number of anilines is 2. The highest BCUT2D eigenvalue weighted by Crippen LogP contribution is 2.20. The maximum absolute atomic E-state index is 11.8. The molecule has 2 aromatic carbocycles. The van der Waals surface area contributed by atoms with Crippen molar-refractivity contribution >= 4 is 45.8 Å². The maximum atomic E-state index is 11.8. The zero-order valence-electron chi connectivity index (χ0n) is 10.1. The highest BCUT2D eigenvalue weighted by atomic mass is 35.5. The summed E-state index contributed by atoms with van der Waals surface area (Å²) in [6, 6.07) is 11.8. The van der Waals surface area contributed by atoms with E-state index in [2.05, 4.69) is 10.3 Å². The van der Waals surface area contributed by atoms with Gasteiger partial charge in [0.15, 0.2) is 5.58 Å². The average molecular weight is 307 g/mol. The van der Waals surface area contributed by atoms with Gasteiger partial charge in [0.2, 0.25) is 5.82 Å². The first kappa shape index (κ1) is 13.0. The Hall–Kier alpha value is -2.04. The summed E-state index contributed by atoms with van der Waals surface area (Å²) in [7, 11) is 0. The Morgan fingerprint density at radius 1 is 1.00 bits per heavy atom. The fourth-order valence-electron chi connectivity index (χ4n) is 1.73. The summed E-state index contributed by atoms with van der Waals surface area (Å²) >= 11 is 11.7. The minimum absolute atomic E-state index is 0.0992. The van der Waals surface area contributed by atoms with Crippen LogP contribution in [0.15, 0.2) is 51.7 Å². The van der Waals surface area contributed by atoms with Gasteiger partial charge in [0, 0.05) is 15.7 Å². The predicted octanol–water partition coefficient (Wildman–Crippen LogP) is 4.24. The van der Waals surface area contributed by atoms with Gasteiger partial charge in [0.25, 0.3) is 0 Å². The van der Waals surface area contributed by atoms with Crippen LogP contribution in [0, 0.1) is 0 Å². The molecule has 0 saturated carbocycles. The lowest BCUT2D eigenvalue weighted by atomic mass is 10.3. The van der Waals surface area contributed by atoms with E-state index in [1.165, 1.54) is 0 Å². The molecular formula is C14H8Cl2N2O2. The van der Waals surface area contributed by atoms with Crippen LogP contribution in [0.25, 0.3) is 11.1 Å². The molecule has 0 amide bonds. The van der Waals surface area contributed by atoms with Crippen molar-refractivity contribution in [1.82, 2.24) is 4.98 Å². The third-order valence-electron chi connectivity index (χ3n) is 2.66. The Morgan fingerprint density at radius 2 is 1.70 bits per heavy atom. The summed E-state index contributed by atoms with van der Waals surface area (Å²) in [5, 5.41) is 4.03. The van der Waals surface area contributed by atoms with Crippen molar-refractivity contribution in [2.45, 2.75) is 0 Å². The highest BCUT2D eigenvalue weighted by Gasteiger charge is 2.07. The van der Waals surface area contributed by atoms with E-state index in [1.54, 1.807) is 42.5 Å². The molecule has 1 aromatic heterocycles. The molecule has 1 N–H and O–H groups in total. The molecule has 0 aliphatic carbocycles. The second kappa shape index (κ2) is 5.15. The molecule has 1 heterocycles. The van der Waals surface area contributed by atoms with Crippen LogP contribution < -0.4 is 10.9 Å². The molecule has 0 aliphatic rings. The topological polar surface area (TPSA) is 55.1 Å². The zero-order chi connectivity index (χ0) is 14.1. The molecule has 0 unspecified atom stereocenters. The normalized spacial score (nSPS) is 10.7. The van der Waals surface area contributed by atoms with E-state index < -0.39 is 5.63 Å². The van der Waals surface area contributed by atoms with E-state index in [0.29, 0.717) is 26.8 Å². The fraction of sp³-hybridized carbons (Fsp3) is 0. The number of benzene rings is 2. The van der Waals surface area contributed by atoms with Crippen molar-refractivity contribution < 1.29 is 4.42 Å². The maximum Gasteiger partial charge on any atom is 0.379 e. The molecule has 0 fully saturated rings. The number of nitrogens with one attached hydrogen (secondary N) is 1. The van der Waals surface area contributed by atoms with Crippen LogP contribution in [-0.4, -0.2) is 4.98 Å². The largest absolute Gasteiger partial charge is 0.418 e. The summed E-state index contributed by atoms with van der Waals surface area (Å²) in [4.78, 5) is 16.1. The van der Waals surface area contributed by atoms with E-state index >= 15 is 0 Å². The van der Waals surface area contributed by atoms with Crippen molar-refractivity contribution in [3.8, 4) is 0 Å². The molecule has 0 saturated heterocycles. The molecule has 0 radical (unpaired) electrons. The number of hydrogen-bond donors (Lipinski definition) is 1. The average Bonchev–Trinajstić information content (AvgIpc) is 2.42. The Labute approximate surface area is 124 Å². The molecule has 6 heteroatoms. The van der Waals surface area contributed by atoms with Gasteiger partial charge in [-0.25, -0.2) is 9.78 Å². The van der Waals surface area contributed by atoms with Gasteiger partial charge in [-0.3, -0.25) is 0 Å². The first-order valence-corrected chi connectivity index (χ1v) is 6.50. The molecule has 3 aromatic rings. The summed E-state index contributed by atoms with van der Waals surface area (Å²) < 4.78 is 5.18. The number of halogens is 2. The summed E-state index contributed by atoms with van der Waals surface area (Å²) in [6.07, 6.45) is 0. The summed E-state index contributed by atoms with van der Waals surface area (Å²) in [6.45, 7) is 0. The minimum Gasteiger partial charge on any atom is -0.418 e. The smallest absolute Gasteiger partial charge is 0.379 e. The summed E-state index contributed by atoms with van der Waals surface area (Å²) in [5.41, 5.74) is 1.04. The number of rotatable bonds is 2. The van der Waals surface area contributed by atoms with Gasteiger partial charge in [-0.05, 0) is 42.5 Å². The first-order chi connectivity index (χ1) is 9.61. The van der Waals surface area contributed by atoms with Gasteiger partial charge in [0.05, 0.1) is 0 Å². The van der Waals surface area contributed by atoms with Crippen LogP contribution in [0.3, 0.4) is 0 Å². The van der Waals surface area contributed by atoms with Crippen LogP contribution in [0.4, 0.5) is 11.5 Å². The molecular weight excluding hydrogens is 299 g/mol. The van der Waals surface area contributed by atoms with Gasteiger partial charge in [0.1, 0.15) is 5.52 Å². The monoisotopic (exact) mass is 306 g/mol. The van der Waals surface area contributed by atoms with Crippen LogP contribution in [0.1, 0.15) is 0 Å². The van der Waals surface area contributed by atoms with E-state index in [4.69, 9.17) is 27.6 Å². The molecule has 4 nitrogen and oxygen atoms in total. The quantitative estimate of drug-likeness (QED) is 0.769. The SMILES string of the molecule is O=c1oc2ccc(Cl)cc2nc1Nc1ccc(Cl)cc1. The zero-order valence-corrected chi connectivity index (χ0v) is 11.6. The van der Waals surface area contributed by atoms with Gasteiger partial charge in [-0.1, -0.05) is 23.2 Å². The lowest BCUT2D eigenvalue weighted by Crippen LogP contribution is -2.09. The van der Waals surface area contributed by atoms with Gasteiger partial charge < -0.3 is 9.73 Å². The van der Waals surface area contributed by atoms with Crippen molar-refractivity contribution in [2.24, 2.45) is 0 Å². The third-order valence-corrected chi connectivity index (χ3v) is 3.14. The lowest BCUT2D eigenvalue weighted by Gasteiger charge is -2.05. The fourth-order valence-corrected chi connectivity index (χ4v) is 2.02. The number of aromatic nitrogens is 1.